The van der Waals surface area contributed by atoms with Crippen molar-refractivity contribution < 1.29 is 14.6 Å². The lowest BCUT2D eigenvalue weighted by molar-refractivity contribution is 0.0938. The van der Waals surface area contributed by atoms with Crippen molar-refractivity contribution in [2.45, 2.75) is 13.0 Å². The fourth-order valence-corrected chi connectivity index (χ4v) is 2.80. The molecule has 0 aliphatic heterocycles. The molecule has 2 aromatic rings. The van der Waals surface area contributed by atoms with Gasteiger partial charge in [0.15, 0.2) is 0 Å². The molecular weight excluding hydrogens is 298 g/mol. The Morgan fingerprint density at radius 3 is 2.70 bits per heavy atom. The Balaban J connectivity index is 2.12. The second-order valence-electron chi connectivity index (χ2n) is 4.22. The van der Waals surface area contributed by atoms with Crippen LogP contribution in [0.3, 0.4) is 0 Å². The van der Waals surface area contributed by atoms with Crippen molar-refractivity contribution in [3.63, 3.8) is 0 Å². The molecular formula is C14H14ClNO3S. The highest BCUT2D eigenvalue weighted by Crippen LogP contribution is 2.28. The number of carbonyl (C=O) groups is 1. The van der Waals surface area contributed by atoms with E-state index in [0.717, 1.165) is 4.88 Å². The van der Waals surface area contributed by atoms with Crippen molar-refractivity contribution in [2.75, 3.05) is 7.11 Å². The predicted molar refractivity (Wildman–Crippen MR) is 79.9 cm³/mol. The number of carbonyl (C=O) groups excluding carboxylic acids is 1. The van der Waals surface area contributed by atoms with Crippen LogP contribution in [0.5, 0.6) is 11.5 Å². The van der Waals surface area contributed by atoms with Gasteiger partial charge in [-0.1, -0.05) is 11.6 Å². The standard InChI is InChI=1S/C14H14ClNO3S/c1-8(12-5-6-13(15)20-12)16-14(18)10-4-3-9(19-2)7-11(10)17/h3-8,17H,1-2H3,(H,16,18). The summed E-state index contributed by atoms with van der Waals surface area (Å²) in [5, 5.41) is 12.6. The Hall–Kier alpha value is -1.72. The number of phenolic OH excluding ortho intramolecular Hbond substituents is 1. The van der Waals surface area contributed by atoms with Gasteiger partial charge in [0, 0.05) is 10.9 Å². The number of phenols is 1. The molecule has 1 heterocycles. The Labute approximate surface area is 126 Å². The highest BCUT2D eigenvalue weighted by atomic mass is 35.5. The minimum absolute atomic E-state index is 0.113. The smallest absolute Gasteiger partial charge is 0.255 e. The van der Waals surface area contributed by atoms with Gasteiger partial charge in [0.25, 0.3) is 5.91 Å². The van der Waals surface area contributed by atoms with Crippen LogP contribution in [0.15, 0.2) is 30.3 Å². The van der Waals surface area contributed by atoms with Gasteiger partial charge in [-0.3, -0.25) is 4.79 Å². The third-order valence-electron chi connectivity index (χ3n) is 2.82. The third-order valence-corrected chi connectivity index (χ3v) is 4.23. The van der Waals surface area contributed by atoms with Crippen LogP contribution in [0.1, 0.15) is 28.2 Å². The number of halogens is 1. The highest BCUT2D eigenvalue weighted by molar-refractivity contribution is 7.16. The summed E-state index contributed by atoms with van der Waals surface area (Å²) in [6, 6.07) is 8.03. The SMILES string of the molecule is COc1ccc(C(=O)NC(C)c2ccc(Cl)s2)c(O)c1. The van der Waals surface area contributed by atoms with Crippen LogP contribution >= 0.6 is 22.9 Å². The molecule has 2 rings (SSSR count). The Kier molecular flexibility index (Phi) is 4.52. The van der Waals surface area contributed by atoms with Gasteiger partial charge in [0.2, 0.25) is 0 Å². The first-order valence-electron chi connectivity index (χ1n) is 5.94. The summed E-state index contributed by atoms with van der Waals surface area (Å²) in [5.41, 5.74) is 0.209. The molecule has 20 heavy (non-hydrogen) atoms. The van der Waals surface area contributed by atoms with Crippen molar-refractivity contribution in [2.24, 2.45) is 0 Å². The minimum atomic E-state index is -0.345. The first-order chi connectivity index (χ1) is 9.51. The molecule has 0 aliphatic carbocycles. The van der Waals surface area contributed by atoms with Crippen molar-refractivity contribution in [3.05, 3.63) is 45.1 Å². The molecule has 0 bridgehead atoms. The van der Waals surface area contributed by atoms with Crippen LogP contribution < -0.4 is 10.1 Å². The lowest BCUT2D eigenvalue weighted by Gasteiger charge is -2.13. The molecule has 4 nitrogen and oxygen atoms in total. The molecule has 6 heteroatoms. The number of benzene rings is 1. The monoisotopic (exact) mass is 311 g/mol. The first kappa shape index (κ1) is 14.7. The lowest BCUT2D eigenvalue weighted by Crippen LogP contribution is -2.26. The Morgan fingerprint density at radius 1 is 1.40 bits per heavy atom. The molecule has 0 saturated carbocycles. The molecule has 1 atom stereocenters. The number of methoxy groups -OCH3 is 1. The maximum Gasteiger partial charge on any atom is 0.255 e. The molecule has 0 radical (unpaired) electrons. The number of ether oxygens (including phenoxy) is 1. The Morgan fingerprint density at radius 2 is 2.15 bits per heavy atom. The quantitative estimate of drug-likeness (QED) is 0.907. The van der Waals surface area contributed by atoms with Crippen LogP contribution in [-0.2, 0) is 0 Å². The number of aromatic hydroxyl groups is 1. The molecule has 1 unspecified atom stereocenters. The average molecular weight is 312 g/mol. The van der Waals surface area contributed by atoms with Crippen LogP contribution in [-0.4, -0.2) is 18.1 Å². The van der Waals surface area contributed by atoms with E-state index in [2.05, 4.69) is 5.32 Å². The van der Waals surface area contributed by atoms with Gasteiger partial charge in [-0.2, -0.15) is 0 Å². The molecule has 2 N–H and O–H groups in total. The number of nitrogens with one attached hydrogen (secondary N) is 1. The predicted octanol–water partition coefficient (Wildman–Crippen LogP) is 3.61. The molecule has 106 valence electrons. The zero-order chi connectivity index (χ0) is 14.7. The number of hydrogen-bond donors (Lipinski definition) is 2. The second-order valence-corrected chi connectivity index (χ2v) is 5.97. The first-order valence-corrected chi connectivity index (χ1v) is 7.14. The summed E-state index contributed by atoms with van der Waals surface area (Å²) >= 11 is 7.28. The summed E-state index contributed by atoms with van der Waals surface area (Å²) in [7, 11) is 1.50. The number of thiophene rings is 1. The van der Waals surface area contributed by atoms with E-state index in [1.165, 1.54) is 30.6 Å². The average Bonchev–Trinajstić information content (AvgIpc) is 2.85. The van der Waals surface area contributed by atoms with Gasteiger partial charge in [-0.25, -0.2) is 0 Å². The molecule has 0 spiro atoms. The van der Waals surface area contributed by atoms with E-state index in [-0.39, 0.29) is 23.3 Å². The van der Waals surface area contributed by atoms with Crippen molar-refractivity contribution in [1.29, 1.82) is 0 Å². The van der Waals surface area contributed by atoms with Gasteiger partial charge in [0.1, 0.15) is 11.5 Å². The third kappa shape index (κ3) is 3.23. The van der Waals surface area contributed by atoms with Crippen molar-refractivity contribution in [1.82, 2.24) is 5.32 Å². The van der Waals surface area contributed by atoms with Crippen molar-refractivity contribution in [3.8, 4) is 11.5 Å². The fourth-order valence-electron chi connectivity index (χ4n) is 1.74. The number of rotatable bonds is 4. The summed E-state index contributed by atoms with van der Waals surface area (Å²) in [6.07, 6.45) is 0. The summed E-state index contributed by atoms with van der Waals surface area (Å²) in [4.78, 5) is 13.1. The summed E-state index contributed by atoms with van der Waals surface area (Å²) in [5.74, 6) is 0.0394. The topological polar surface area (TPSA) is 58.6 Å². The molecule has 0 saturated heterocycles. The number of hydrogen-bond acceptors (Lipinski definition) is 4. The van der Waals surface area contributed by atoms with E-state index in [1.54, 1.807) is 12.1 Å². The van der Waals surface area contributed by atoms with Crippen LogP contribution in [0.2, 0.25) is 4.34 Å². The van der Waals surface area contributed by atoms with Gasteiger partial charge in [0.05, 0.1) is 23.1 Å². The van der Waals surface area contributed by atoms with Crippen LogP contribution in [0.25, 0.3) is 0 Å². The van der Waals surface area contributed by atoms with E-state index in [9.17, 15) is 9.90 Å². The van der Waals surface area contributed by atoms with Gasteiger partial charge in [-0.05, 0) is 31.2 Å². The maximum absolute atomic E-state index is 12.1. The fraction of sp³-hybridized carbons (Fsp3) is 0.214. The summed E-state index contributed by atoms with van der Waals surface area (Å²) < 4.78 is 5.65. The van der Waals surface area contributed by atoms with E-state index in [0.29, 0.717) is 10.1 Å². The van der Waals surface area contributed by atoms with Crippen molar-refractivity contribution >= 4 is 28.8 Å². The highest BCUT2D eigenvalue weighted by Gasteiger charge is 2.16. The van der Waals surface area contributed by atoms with Gasteiger partial charge < -0.3 is 15.2 Å². The molecule has 1 amide bonds. The second kappa shape index (κ2) is 6.15. The zero-order valence-corrected chi connectivity index (χ0v) is 12.6. The van der Waals surface area contributed by atoms with E-state index in [1.807, 2.05) is 13.0 Å². The van der Waals surface area contributed by atoms with Gasteiger partial charge >= 0.3 is 0 Å². The molecule has 1 aromatic carbocycles. The minimum Gasteiger partial charge on any atom is -0.507 e. The van der Waals surface area contributed by atoms with E-state index >= 15 is 0 Å². The largest absolute Gasteiger partial charge is 0.507 e. The lowest BCUT2D eigenvalue weighted by atomic mass is 10.1. The van der Waals surface area contributed by atoms with Crippen LogP contribution in [0, 0.1) is 0 Å². The number of amides is 1. The van der Waals surface area contributed by atoms with E-state index < -0.39 is 0 Å². The normalized spacial score (nSPS) is 11.9. The zero-order valence-electron chi connectivity index (χ0n) is 11.0. The molecule has 1 aromatic heterocycles. The Bertz CT molecular complexity index is 627. The van der Waals surface area contributed by atoms with Crippen LogP contribution in [0.4, 0.5) is 0 Å². The maximum atomic E-state index is 12.1. The summed E-state index contributed by atoms with van der Waals surface area (Å²) in [6.45, 7) is 1.86. The van der Waals surface area contributed by atoms with Gasteiger partial charge in [-0.15, -0.1) is 11.3 Å². The molecule has 0 aliphatic rings. The van der Waals surface area contributed by atoms with E-state index in [4.69, 9.17) is 16.3 Å². The molecule has 0 fully saturated rings.